The van der Waals surface area contributed by atoms with Crippen LogP contribution in [0.3, 0.4) is 0 Å². The van der Waals surface area contributed by atoms with Crippen LogP contribution in [-0.4, -0.2) is 56.4 Å². The first-order valence-corrected chi connectivity index (χ1v) is 8.73. The molecule has 1 heterocycles. The van der Waals surface area contributed by atoms with Gasteiger partial charge in [0.25, 0.3) is 0 Å². The third kappa shape index (κ3) is 5.19. The topological polar surface area (TPSA) is 57.1 Å². The van der Waals surface area contributed by atoms with Gasteiger partial charge in [0.2, 0.25) is 0 Å². The Kier molecular flexibility index (Phi) is 6.87. The zero-order valence-corrected chi connectivity index (χ0v) is 15.5. The van der Waals surface area contributed by atoms with Crippen molar-refractivity contribution < 1.29 is 9.84 Å². The minimum absolute atomic E-state index is 0.105. The molecule has 1 fully saturated rings. The molecule has 2 N–H and O–H groups in total. The van der Waals surface area contributed by atoms with E-state index in [-0.39, 0.29) is 12.0 Å². The quantitative estimate of drug-likeness (QED) is 0.604. The molecule has 0 radical (unpaired) electrons. The maximum absolute atomic E-state index is 9.77. The Balaban J connectivity index is 1.92. The van der Waals surface area contributed by atoms with Gasteiger partial charge in [0.15, 0.2) is 5.96 Å². The van der Waals surface area contributed by atoms with Crippen molar-refractivity contribution in [3.05, 3.63) is 34.3 Å². The fourth-order valence-electron chi connectivity index (χ4n) is 2.79. The van der Waals surface area contributed by atoms with Crippen LogP contribution in [0.1, 0.15) is 18.4 Å². The maximum Gasteiger partial charge on any atom is 0.193 e. The minimum atomic E-state index is -0.105. The van der Waals surface area contributed by atoms with E-state index < -0.39 is 0 Å². The first-order valence-electron chi connectivity index (χ1n) is 7.93. The number of guanidine groups is 1. The summed E-state index contributed by atoms with van der Waals surface area (Å²) in [6.45, 7) is 3.11. The third-order valence-corrected chi connectivity index (χ3v) is 4.95. The number of aliphatic imine (C=N–C) groups is 1. The largest absolute Gasteiger partial charge is 0.396 e. The molecular weight excluding hydrogens is 358 g/mol. The molecule has 0 aromatic heterocycles. The second-order valence-corrected chi connectivity index (χ2v) is 7.07. The number of halogens is 1. The molecule has 1 aromatic carbocycles. The van der Waals surface area contributed by atoms with Gasteiger partial charge in [-0.05, 0) is 30.5 Å². The van der Waals surface area contributed by atoms with Crippen LogP contribution in [0.25, 0.3) is 0 Å². The molecule has 128 valence electrons. The van der Waals surface area contributed by atoms with Gasteiger partial charge in [0, 0.05) is 50.3 Å². The summed E-state index contributed by atoms with van der Waals surface area (Å²) in [5, 5.41) is 13.2. The van der Waals surface area contributed by atoms with Crippen LogP contribution in [0.4, 0.5) is 0 Å². The number of benzene rings is 1. The van der Waals surface area contributed by atoms with Crippen molar-refractivity contribution in [3.63, 3.8) is 0 Å². The van der Waals surface area contributed by atoms with Crippen molar-refractivity contribution in [2.75, 3.05) is 40.5 Å². The van der Waals surface area contributed by atoms with Crippen molar-refractivity contribution in [2.24, 2.45) is 10.4 Å². The number of aliphatic hydroxyl groups excluding tert-OH is 1. The summed E-state index contributed by atoms with van der Waals surface area (Å²) in [7, 11) is 3.81. The van der Waals surface area contributed by atoms with Gasteiger partial charge in [0.05, 0.1) is 6.61 Å². The molecule has 0 atom stereocenters. The Morgan fingerprint density at radius 3 is 2.57 bits per heavy atom. The molecule has 1 aliphatic rings. The van der Waals surface area contributed by atoms with Crippen LogP contribution >= 0.6 is 15.9 Å². The lowest BCUT2D eigenvalue weighted by Crippen LogP contribution is -2.47. The summed E-state index contributed by atoms with van der Waals surface area (Å²) >= 11 is 3.45. The van der Waals surface area contributed by atoms with Crippen LogP contribution in [0.5, 0.6) is 0 Å². The summed E-state index contributed by atoms with van der Waals surface area (Å²) in [4.78, 5) is 6.45. The molecular formula is C17H26BrN3O2. The van der Waals surface area contributed by atoms with Gasteiger partial charge in [-0.25, -0.2) is 0 Å². The van der Waals surface area contributed by atoms with E-state index in [0.717, 1.165) is 43.0 Å². The number of hydrogen-bond donors (Lipinski definition) is 2. The molecule has 0 saturated carbocycles. The van der Waals surface area contributed by atoms with Gasteiger partial charge in [-0.15, -0.1) is 0 Å². The lowest BCUT2D eigenvalue weighted by Gasteiger charge is -2.36. The molecule has 0 spiro atoms. The number of hydrogen-bond acceptors (Lipinski definition) is 3. The molecule has 23 heavy (non-hydrogen) atoms. The Hall–Kier alpha value is -1.11. The minimum Gasteiger partial charge on any atom is -0.396 e. The maximum atomic E-state index is 9.77. The van der Waals surface area contributed by atoms with Gasteiger partial charge in [-0.3, -0.25) is 4.99 Å². The first kappa shape index (κ1) is 18.2. The van der Waals surface area contributed by atoms with Gasteiger partial charge in [0.1, 0.15) is 0 Å². The third-order valence-electron chi connectivity index (χ3n) is 4.42. The van der Waals surface area contributed by atoms with Crippen LogP contribution < -0.4 is 5.32 Å². The predicted molar refractivity (Wildman–Crippen MR) is 96.5 cm³/mol. The first-order chi connectivity index (χ1) is 11.1. The Bertz CT molecular complexity index is 513. The number of aliphatic hydroxyl groups is 1. The molecule has 1 saturated heterocycles. The highest BCUT2D eigenvalue weighted by Gasteiger charge is 2.32. The Morgan fingerprint density at radius 2 is 2.00 bits per heavy atom. The molecule has 0 unspecified atom stereocenters. The highest BCUT2D eigenvalue weighted by molar-refractivity contribution is 9.10. The standard InChI is InChI=1S/C17H26BrN3O2/c1-19-16(20-12-17(13-22)7-9-23-10-8-17)21(2)11-14-3-5-15(18)6-4-14/h3-6,22H,7-13H2,1-2H3,(H,19,20). The lowest BCUT2D eigenvalue weighted by atomic mass is 9.81. The number of nitrogens with one attached hydrogen (secondary N) is 1. The normalized spacial score (nSPS) is 17.8. The summed E-state index contributed by atoms with van der Waals surface area (Å²) in [6.07, 6.45) is 1.76. The van der Waals surface area contributed by atoms with Crippen LogP contribution in [0.15, 0.2) is 33.7 Å². The molecule has 1 aliphatic heterocycles. The fourth-order valence-corrected chi connectivity index (χ4v) is 3.05. The average Bonchev–Trinajstić information content (AvgIpc) is 2.58. The summed E-state index contributed by atoms with van der Waals surface area (Å²) < 4.78 is 6.49. The Morgan fingerprint density at radius 1 is 1.35 bits per heavy atom. The summed E-state index contributed by atoms with van der Waals surface area (Å²) in [6, 6.07) is 8.29. The van der Waals surface area contributed by atoms with Crippen molar-refractivity contribution in [2.45, 2.75) is 19.4 Å². The van der Waals surface area contributed by atoms with E-state index in [1.807, 2.05) is 19.2 Å². The van der Waals surface area contributed by atoms with Crippen molar-refractivity contribution in [3.8, 4) is 0 Å². The van der Waals surface area contributed by atoms with Crippen LogP contribution in [0.2, 0.25) is 0 Å². The van der Waals surface area contributed by atoms with Crippen molar-refractivity contribution in [1.29, 1.82) is 0 Å². The monoisotopic (exact) mass is 383 g/mol. The van der Waals surface area contributed by atoms with E-state index in [1.165, 1.54) is 5.56 Å². The molecule has 0 bridgehead atoms. The number of nitrogens with zero attached hydrogens (tertiary/aromatic N) is 2. The molecule has 0 amide bonds. The van der Waals surface area contributed by atoms with E-state index in [1.54, 1.807) is 7.05 Å². The summed E-state index contributed by atoms with van der Waals surface area (Å²) in [5.74, 6) is 0.840. The zero-order chi connectivity index (χ0) is 16.7. The van der Waals surface area contributed by atoms with Crippen molar-refractivity contribution in [1.82, 2.24) is 10.2 Å². The van der Waals surface area contributed by atoms with E-state index in [9.17, 15) is 5.11 Å². The van der Waals surface area contributed by atoms with Crippen molar-refractivity contribution >= 4 is 21.9 Å². The molecule has 1 aromatic rings. The highest BCUT2D eigenvalue weighted by atomic mass is 79.9. The number of rotatable bonds is 5. The molecule has 5 nitrogen and oxygen atoms in total. The van der Waals surface area contributed by atoms with E-state index in [0.29, 0.717) is 6.54 Å². The SMILES string of the molecule is CN=C(NCC1(CO)CCOCC1)N(C)Cc1ccc(Br)cc1. The van der Waals surface area contributed by atoms with Gasteiger partial charge in [-0.2, -0.15) is 0 Å². The molecule has 6 heteroatoms. The second kappa shape index (κ2) is 8.66. The molecule has 0 aliphatic carbocycles. The highest BCUT2D eigenvalue weighted by Crippen LogP contribution is 2.29. The van der Waals surface area contributed by atoms with Crippen LogP contribution in [-0.2, 0) is 11.3 Å². The van der Waals surface area contributed by atoms with Gasteiger partial charge >= 0.3 is 0 Å². The average molecular weight is 384 g/mol. The predicted octanol–water partition coefficient (Wildman–Crippen LogP) is 2.25. The second-order valence-electron chi connectivity index (χ2n) is 6.15. The van der Waals surface area contributed by atoms with Gasteiger partial charge in [-0.1, -0.05) is 28.1 Å². The zero-order valence-electron chi connectivity index (χ0n) is 13.9. The van der Waals surface area contributed by atoms with E-state index in [4.69, 9.17) is 4.74 Å². The smallest absolute Gasteiger partial charge is 0.193 e. The number of ether oxygens (including phenoxy) is 1. The summed E-state index contributed by atoms with van der Waals surface area (Å²) in [5.41, 5.74) is 1.12. The van der Waals surface area contributed by atoms with E-state index >= 15 is 0 Å². The fraction of sp³-hybridized carbons (Fsp3) is 0.588. The van der Waals surface area contributed by atoms with Gasteiger partial charge < -0.3 is 20.1 Å². The van der Waals surface area contributed by atoms with Crippen LogP contribution in [0, 0.1) is 5.41 Å². The Labute approximate surface area is 146 Å². The van der Waals surface area contributed by atoms with E-state index in [2.05, 4.69) is 43.3 Å². The lowest BCUT2D eigenvalue weighted by molar-refractivity contribution is -0.0134. The molecule has 2 rings (SSSR count).